The van der Waals surface area contributed by atoms with Crippen LogP contribution in [0.2, 0.25) is 0 Å². The van der Waals surface area contributed by atoms with Crippen LogP contribution < -0.4 is 0 Å². The Labute approximate surface area is 106 Å². The lowest BCUT2D eigenvalue weighted by Crippen LogP contribution is -2.24. The predicted octanol–water partition coefficient (Wildman–Crippen LogP) is 2.61. The van der Waals surface area contributed by atoms with Crippen molar-refractivity contribution >= 4 is 11.6 Å². The maximum atomic E-state index is 12.2. The lowest BCUT2D eigenvalue weighted by atomic mass is 9.90. The summed E-state index contributed by atoms with van der Waals surface area (Å²) < 4.78 is 0. The first kappa shape index (κ1) is 12.5. The van der Waals surface area contributed by atoms with Crippen LogP contribution >= 0.6 is 0 Å². The number of hydrogen-bond donors (Lipinski definition) is 0. The third-order valence-electron chi connectivity index (χ3n) is 3.30. The number of rotatable bonds is 4. The minimum atomic E-state index is -1.13. The van der Waals surface area contributed by atoms with Crippen molar-refractivity contribution in [1.29, 1.82) is 5.26 Å². The number of hydrogen-bond acceptors (Lipinski definition) is 3. The van der Waals surface area contributed by atoms with Crippen LogP contribution in [0.3, 0.4) is 0 Å². The van der Waals surface area contributed by atoms with Crippen molar-refractivity contribution in [3.05, 3.63) is 34.9 Å². The molecule has 18 heavy (non-hydrogen) atoms. The van der Waals surface area contributed by atoms with Crippen LogP contribution in [-0.2, 0) is 4.79 Å². The Bertz CT molecular complexity index is 550. The fraction of sp³-hybridized carbons (Fsp3) is 0.400. The summed E-state index contributed by atoms with van der Waals surface area (Å²) >= 11 is 0. The quantitative estimate of drug-likeness (QED) is 0.601. The van der Waals surface area contributed by atoms with Gasteiger partial charge in [-0.25, -0.2) is 0 Å². The van der Waals surface area contributed by atoms with Gasteiger partial charge in [0.05, 0.1) is 6.07 Å². The molecule has 1 atom stereocenters. The van der Waals surface area contributed by atoms with Crippen LogP contribution in [-0.4, -0.2) is 11.6 Å². The van der Waals surface area contributed by atoms with Gasteiger partial charge >= 0.3 is 0 Å². The molecule has 1 aliphatic rings. The smallest absolute Gasteiger partial charge is 0.187 e. The Kier molecular flexibility index (Phi) is 3.29. The zero-order chi connectivity index (χ0) is 13.3. The van der Waals surface area contributed by atoms with Gasteiger partial charge in [0, 0.05) is 11.5 Å². The van der Waals surface area contributed by atoms with E-state index >= 15 is 0 Å². The largest absolute Gasteiger partial charge is 0.297 e. The highest BCUT2D eigenvalue weighted by Gasteiger charge is 2.38. The first-order valence-corrected chi connectivity index (χ1v) is 6.09. The summed E-state index contributed by atoms with van der Waals surface area (Å²) in [5, 5.41) is 9.06. The molecule has 0 amide bonds. The van der Waals surface area contributed by atoms with Crippen molar-refractivity contribution in [1.82, 2.24) is 0 Å². The Morgan fingerprint density at radius 1 is 1.33 bits per heavy atom. The molecule has 3 nitrogen and oxygen atoms in total. The summed E-state index contributed by atoms with van der Waals surface area (Å²) in [5.41, 5.74) is 2.37. The number of aryl methyl sites for hydroxylation is 2. The highest BCUT2D eigenvalue weighted by molar-refractivity contribution is 6.14. The van der Waals surface area contributed by atoms with Crippen molar-refractivity contribution in [2.24, 2.45) is 11.8 Å². The molecule has 0 spiro atoms. The van der Waals surface area contributed by atoms with Gasteiger partial charge in [0.2, 0.25) is 0 Å². The van der Waals surface area contributed by atoms with Crippen molar-refractivity contribution < 1.29 is 9.59 Å². The normalized spacial score (nSPS) is 15.8. The van der Waals surface area contributed by atoms with E-state index in [4.69, 9.17) is 5.26 Å². The van der Waals surface area contributed by atoms with Gasteiger partial charge < -0.3 is 0 Å². The van der Waals surface area contributed by atoms with Crippen molar-refractivity contribution in [2.75, 3.05) is 0 Å². The molecule has 1 aromatic carbocycles. The van der Waals surface area contributed by atoms with Gasteiger partial charge in [-0.1, -0.05) is 23.8 Å². The van der Waals surface area contributed by atoms with Gasteiger partial charge in [-0.15, -0.1) is 0 Å². The van der Waals surface area contributed by atoms with E-state index in [2.05, 4.69) is 0 Å². The zero-order valence-corrected chi connectivity index (χ0v) is 10.6. The maximum absolute atomic E-state index is 12.2. The average molecular weight is 241 g/mol. The number of ketones is 2. The van der Waals surface area contributed by atoms with Crippen LogP contribution in [0.15, 0.2) is 18.2 Å². The molecule has 0 N–H and O–H groups in total. The van der Waals surface area contributed by atoms with Crippen LogP contribution in [0.25, 0.3) is 0 Å². The average Bonchev–Trinajstić information content (AvgIpc) is 3.13. The zero-order valence-electron chi connectivity index (χ0n) is 10.6. The molecular formula is C15H15NO2. The van der Waals surface area contributed by atoms with Gasteiger partial charge in [0.25, 0.3) is 0 Å². The molecule has 0 bridgehead atoms. The second kappa shape index (κ2) is 4.73. The molecule has 92 valence electrons. The van der Waals surface area contributed by atoms with E-state index in [-0.39, 0.29) is 17.5 Å². The third kappa shape index (κ3) is 2.33. The highest BCUT2D eigenvalue weighted by atomic mass is 16.2. The maximum Gasteiger partial charge on any atom is 0.187 e. The minimum Gasteiger partial charge on any atom is -0.297 e. The van der Waals surface area contributed by atoms with Crippen molar-refractivity contribution in [3.63, 3.8) is 0 Å². The molecule has 0 heterocycles. The molecule has 2 rings (SSSR count). The summed E-state index contributed by atoms with van der Waals surface area (Å²) in [5.74, 6) is -1.75. The van der Waals surface area contributed by atoms with Gasteiger partial charge in [0.1, 0.15) is 0 Å². The van der Waals surface area contributed by atoms with Gasteiger partial charge in [-0.2, -0.15) is 5.26 Å². The molecule has 0 aromatic heterocycles. The van der Waals surface area contributed by atoms with E-state index in [9.17, 15) is 9.59 Å². The summed E-state index contributed by atoms with van der Waals surface area (Å²) in [7, 11) is 0. The molecule has 0 radical (unpaired) electrons. The summed E-state index contributed by atoms with van der Waals surface area (Å²) in [6.07, 6.45) is 1.63. The topological polar surface area (TPSA) is 57.9 Å². The summed E-state index contributed by atoms with van der Waals surface area (Å²) in [6, 6.07) is 7.29. The van der Waals surface area contributed by atoms with E-state index in [1.807, 2.05) is 32.0 Å². The number of benzene rings is 1. The number of nitrogens with zero attached hydrogens (tertiary/aromatic N) is 1. The van der Waals surface area contributed by atoms with E-state index < -0.39 is 5.92 Å². The molecule has 0 aliphatic heterocycles. The molecule has 3 heteroatoms. The summed E-state index contributed by atoms with van der Waals surface area (Å²) in [6.45, 7) is 3.77. The Morgan fingerprint density at radius 3 is 2.50 bits per heavy atom. The second-order valence-corrected chi connectivity index (χ2v) is 4.92. The Hall–Kier alpha value is -1.95. The predicted molar refractivity (Wildman–Crippen MR) is 67.1 cm³/mol. The number of nitriles is 1. The lowest BCUT2D eigenvalue weighted by molar-refractivity contribution is -0.121. The lowest BCUT2D eigenvalue weighted by Gasteiger charge is -2.09. The third-order valence-corrected chi connectivity index (χ3v) is 3.30. The molecule has 1 aliphatic carbocycles. The van der Waals surface area contributed by atoms with E-state index in [1.54, 1.807) is 6.07 Å². The van der Waals surface area contributed by atoms with Crippen molar-refractivity contribution in [2.45, 2.75) is 26.7 Å². The van der Waals surface area contributed by atoms with Gasteiger partial charge in [-0.05, 0) is 32.3 Å². The molecule has 1 aromatic rings. The number of carbonyl (C=O) groups is 2. The van der Waals surface area contributed by atoms with Crippen LogP contribution in [0.1, 0.15) is 34.3 Å². The molecular weight excluding hydrogens is 226 g/mol. The highest BCUT2D eigenvalue weighted by Crippen LogP contribution is 2.33. The van der Waals surface area contributed by atoms with Crippen LogP contribution in [0.4, 0.5) is 0 Å². The Balaban J connectivity index is 2.29. The van der Waals surface area contributed by atoms with E-state index in [0.717, 1.165) is 24.0 Å². The minimum absolute atomic E-state index is 0.0654. The molecule has 1 fully saturated rings. The first-order valence-electron chi connectivity index (χ1n) is 6.09. The van der Waals surface area contributed by atoms with Crippen LogP contribution in [0.5, 0.6) is 0 Å². The Morgan fingerprint density at radius 2 is 2.00 bits per heavy atom. The van der Waals surface area contributed by atoms with E-state index in [1.165, 1.54) is 0 Å². The number of carbonyl (C=O) groups excluding carboxylic acids is 2. The standard InChI is InChI=1S/C15H15NO2/c1-9-3-6-12(10(2)7-9)15(18)13(8-16)14(17)11-4-5-11/h3,6-7,11,13H,4-5H2,1-2H3. The van der Waals surface area contributed by atoms with Crippen LogP contribution in [0, 0.1) is 37.0 Å². The molecule has 1 unspecified atom stereocenters. The number of Topliss-reactive ketones (excluding diaryl/α,β-unsaturated/α-hetero) is 2. The SMILES string of the molecule is Cc1ccc(C(=O)C(C#N)C(=O)C2CC2)c(C)c1. The van der Waals surface area contributed by atoms with Gasteiger partial charge in [0.15, 0.2) is 17.5 Å². The second-order valence-electron chi connectivity index (χ2n) is 4.92. The van der Waals surface area contributed by atoms with Crippen molar-refractivity contribution in [3.8, 4) is 6.07 Å². The summed E-state index contributed by atoms with van der Waals surface area (Å²) in [4.78, 5) is 24.1. The molecule has 1 saturated carbocycles. The first-order chi connectivity index (χ1) is 8.54. The fourth-order valence-corrected chi connectivity index (χ4v) is 2.10. The monoisotopic (exact) mass is 241 g/mol. The van der Waals surface area contributed by atoms with E-state index in [0.29, 0.717) is 5.56 Å². The molecule has 0 saturated heterocycles. The van der Waals surface area contributed by atoms with Gasteiger partial charge in [-0.3, -0.25) is 9.59 Å². The fourth-order valence-electron chi connectivity index (χ4n) is 2.10.